The summed E-state index contributed by atoms with van der Waals surface area (Å²) in [5.41, 5.74) is 3.16. The van der Waals surface area contributed by atoms with Crippen molar-refractivity contribution < 1.29 is 0 Å². The van der Waals surface area contributed by atoms with Crippen LogP contribution in [0, 0.1) is 13.8 Å². The lowest BCUT2D eigenvalue weighted by atomic mass is 10.1. The van der Waals surface area contributed by atoms with Crippen molar-refractivity contribution in [1.29, 1.82) is 0 Å². The van der Waals surface area contributed by atoms with Crippen molar-refractivity contribution in [2.45, 2.75) is 33.6 Å². The Hall–Kier alpha value is -1.09. The highest BCUT2D eigenvalue weighted by molar-refractivity contribution is 6.32. The fourth-order valence-electron chi connectivity index (χ4n) is 1.75. The third-order valence-electron chi connectivity index (χ3n) is 2.50. The van der Waals surface area contributed by atoms with Crippen molar-refractivity contribution >= 4 is 17.1 Å². The van der Waals surface area contributed by atoms with Crippen LogP contribution in [0.3, 0.4) is 0 Å². The molecule has 0 amide bonds. The highest BCUT2D eigenvalue weighted by Gasteiger charge is 2.14. The second kappa shape index (κ2) is 3.49. The van der Waals surface area contributed by atoms with E-state index in [1.807, 2.05) is 24.6 Å². The Morgan fingerprint density at radius 1 is 1.33 bits per heavy atom. The van der Waals surface area contributed by atoms with Gasteiger partial charge in [0, 0.05) is 6.20 Å². The number of aromatic nitrogens is 3. The first-order valence-corrected chi connectivity index (χ1v) is 5.40. The average molecular weight is 224 g/mol. The Labute approximate surface area is 94.1 Å². The van der Waals surface area contributed by atoms with Crippen molar-refractivity contribution in [3.8, 4) is 0 Å². The van der Waals surface area contributed by atoms with Gasteiger partial charge in [-0.25, -0.2) is 9.50 Å². The van der Waals surface area contributed by atoms with E-state index in [1.54, 1.807) is 0 Å². The molecule has 0 bridgehead atoms. The minimum Gasteiger partial charge on any atom is -0.236 e. The SMILES string of the molecule is Cc1nc(C(C)C)c2c(C)c(Cl)cn2n1. The first kappa shape index (κ1) is 10.4. The molecule has 2 heterocycles. The van der Waals surface area contributed by atoms with Crippen molar-refractivity contribution in [3.05, 3.63) is 28.3 Å². The largest absolute Gasteiger partial charge is 0.236 e. The number of hydrogen-bond acceptors (Lipinski definition) is 2. The summed E-state index contributed by atoms with van der Waals surface area (Å²) in [6.07, 6.45) is 1.84. The molecule has 0 atom stereocenters. The minimum atomic E-state index is 0.374. The van der Waals surface area contributed by atoms with E-state index in [4.69, 9.17) is 11.6 Å². The zero-order valence-electron chi connectivity index (χ0n) is 9.37. The maximum atomic E-state index is 6.09. The second-order valence-electron chi connectivity index (χ2n) is 4.09. The molecule has 80 valence electrons. The summed E-state index contributed by atoms with van der Waals surface area (Å²) in [4.78, 5) is 4.48. The van der Waals surface area contributed by atoms with Gasteiger partial charge in [-0.3, -0.25) is 0 Å². The predicted molar refractivity (Wildman–Crippen MR) is 61.6 cm³/mol. The topological polar surface area (TPSA) is 30.2 Å². The number of hydrogen-bond donors (Lipinski definition) is 0. The van der Waals surface area contributed by atoms with Gasteiger partial charge in [-0.05, 0) is 25.3 Å². The fourth-order valence-corrected chi connectivity index (χ4v) is 1.93. The van der Waals surface area contributed by atoms with Gasteiger partial charge in [0.05, 0.1) is 16.2 Å². The molecule has 4 heteroatoms. The van der Waals surface area contributed by atoms with Crippen molar-refractivity contribution in [2.24, 2.45) is 0 Å². The number of rotatable bonds is 1. The number of nitrogens with zero attached hydrogens (tertiary/aromatic N) is 3. The van der Waals surface area contributed by atoms with Gasteiger partial charge in [-0.15, -0.1) is 0 Å². The molecule has 0 aromatic carbocycles. The van der Waals surface area contributed by atoms with Crippen LogP contribution in [0.5, 0.6) is 0 Å². The van der Waals surface area contributed by atoms with Crippen molar-refractivity contribution in [1.82, 2.24) is 14.6 Å². The number of aryl methyl sites for hydroxylation is 2. The Morgan fingerprint density at radius 3 is 2.60 bits per heavy atom. The van der Waals surface area contributed by atoms with E-state index in [2.05, 4.69) is 23.9 Å². The lowest BCUT2D eigenvalue weighted by Gasteiger charge is -2.08. The lowest BCUT2D eigenvalue weighted by molar-refractivity contribution is 0.762. The zero-order chi connectivity index (χ0) is 11.2. The summed E-state index contributed by atoms with van der Waals surface area (Å²) in [5, 5.41) is 5.07. The van der Waals surface area contributed by atoms with Gasteiger partial charge in [0.1, 0.15) is 5.82 Å². The molecule has 0 fully saturated rings. The van der Waals surface area contributed by atoms with Crippen LogP contribution in [-0.4, -0.2) is 14.6 Å². The maximum absolute atomic E-state index is 6.09. The molecule has 15 heavy (non-hydrogen) atoms. The molecule has 0 radical (unpaired) electrons. The summed E-state index contributed by atoms with van der Waals surface area (Å²) >= 11 is 6.09. The summed E-state index contributed by atoms with van der Waals surface area (Å²) in [5.74, 6) is 1.15. The first-order valence-electron chi connectivity index (χ1n) is 5.02. The molecule has 0 unspecified atom stereocenters. The van der Waals surface area contributed by atoms with E-state index >= 15 is 0 Å². The summed E-state index contributed by atoms with van der Waals surface area (Å²) in [6.45, 7) is 8.15. The zero-order valence-corrected chi connectivity index (χ0v) is 10.1. The Balaban J connectivity index is 2.88. The molecule has 0 aliphatic rings. The molecule has 2 aromatic rings. The predicted octanol–water partition coefficient (Wildman–Crippen LogP) is 3.12. The van der Waals surface area contributed by atoms with Gasteiger partial charge in [-0.1, -0.05) is 25.4 Å². The van der Waals surface area contributed by atoms with Crippen LogP contribution in [-0.2, 0) is 0 Å². The summed E-state index contributed by atoms with van der Waals surface area (Å²) in [6, 6.07) is 0. The standard InChI is InChI=1S/C11H14ClN3/c1-6(2)10-11-7(3)9(12)5-15(11)14-8(4)13-10/h5-6H,1-4H3. The molecule has 0 N–H and O–H groups in total. The molecule has 0 spiro atoms. The third-order valence-corrected chi connectivity index (χ3v) is 2.88. The van der Waals surface area contributed by atoms with E-state index in [0.717, 1.165) is 27.6 Å². The Bertz CT molecular complexity index is 514. The molecular weight excluding hydrogens is 210 g/mol. The molecule has 0 saturated heterocycles. The quantitative estimate of drug-likeness (QED) is 0.744. The van der Waals surface area contributed by atoms with Gasteiger partial charge in [-0.2, -0.15) is 5.10 Å². The van der Waals surface area contributed by atoms with Gasteiger partial charge in [0.2, 0.25) is 0 Å². The van der Waals surface area contributed by atoms with Crippen LogP contribution in [0.15, 0.2) is 6.20 Å². The van der Waals surface area contributed by atoms with Gasteiger partial charge >= 0.3 is 0 Å². The Morgan fingerprint density at radius 2 is 2.00 bits per heavy atom. The van der Waals surface area contributed by atoms with Crippen LogP contribution in [0.1, 0.15) is 36.8 Å². The van der Waals surface area contributed by atoms with Gasteiger partial charge in [0.15, 0.2) is 0 Å². The van der Waals surface area contributed by atoms with Crippen molar-refractivity contribution in [3.63, 3.8) is 0 Å². The summed E-state index contributed by atoms with van der Waals surface area (Å²) in [7, 11) is 0. The summed E-state index contributed by atoms with van der Waals surface area (Å²) < 4.78 is 1.83. The van der Waals surface area contributed by atoms with E-state index in [-0.39, 0.29) is 0 Å². The normalized spacial score (nSPS) is 11.6. The van der Waals surface area contributed by atoms with Crippen LogP contribution >= 0.6 is 11.6 Å². The monoisotopic (exact) mass is 223 g/mol. The molecule has 2 rings (SSSR count). The smallest absolute Gasteiger partial charge is 0.146 e. The van der Waals surface area contributed by atoms with E-state index < -0.39 is 0 Å². The van der Waals surface area contributed by atoms with Crippen LogP contribution < -0.4 is 0 Å². The fraction of sp³-hybridized carbons (Fsp3) is 0.455. The lowest BCUT2D eigenvalue weighted by Crippen LogP contribution is -2.04. The molecular formula is C11H14ClN3. The van der Waals surface area contributed by atoms with Crippen molar-refractivity contribution in [2.75, 3.05) is 0 Å². The second-order valence-corrected chi connectivity index (χ2v) is 4.50. The molecule has 0 saturated carbocycles. The van der Waals surface area contributed by atoms with Crippen LogP contribution in [0.25, 0.3) is 5.52 Å². The highest BCUT2D eigenvalue weighted by atomic mass is 35.5. The number of halogens is 1. The average Bonchev–Trinajstić information content (AvgIpc) is 2.41. The molecule has 0 aliphatic carbocycles. The minimum absolute atomic E-state index is 0.374. The van der Waals surface area contributed by atoms with Crippen LogP contribution in [0.4, 0.5) is 0 Å². The molecule has 3 nitrogen and oxygen atoms in total. The molecule has 2 aromatic heterocycles. The third kappa shape index (κ3) is 1.61. The first-order chi connectivity index (χ1) is 7.00. The highest BCUT2D eigenvalue weighted by Crippen LogP contribution is 2.27. The van der Waals surface area contributed by atoms with Gasteiger partial charge < -0.3 is 0 Å². The molecule has 0 aliphatic heterocycles. The van der Waals surface area contributed by atoms with E-state index in [9.17, 15) is 0 Å². The Kier molecular flexibility index (Phi) is 2.43. The van der Waals surface area contributed by atoms with E-state index in [1.165, 1.54) is 0 Å². The van der Waals surface area contributed by atoms with Gasteiger partial charge in [0.25, 0.3) is 0 Å². The maximum Gasteiger partial charge on any atom is 0.146 e. The van der Waals surface area contributed by atoms with E-state index in [0.29, 0.717) is 5.92 Å². The number of fused-ring (bicyclic) bond motifs is 1. The van der Waals surface area contributed by atoms with Crippen LogP contribution in [0.2, 0.25) is 5.02 Å².